The number of hydrogen-bond acceptors (Lipinski definition) is 3. The lowest BCUT2D eigenvalue weighted by molar-refractivity contribution is 0.0947. The molecule has 0 spiro atoms. The molecule has 1 aromatic heterocycles. The normalized spacial score (nSPS) is 22.6. The molecule has 1 amide bonds. The molecule has 1 saturated carbocycles. The maximum atomic E-state index is 11.7. The summed E-state index contributed by atoms with van der Waals surface area (Å²) >= 11 is 6.61. The summed E-state index contributed by atoms with van der Waals surface area (Å²) in [5.74, 6) is 0.470. The van der Waals surface area contributed by atoms with Crippen molar-refractivity contribution in [2.24, 2.45) is 5.92 Å². The maximum absolute atomic E-state index is 11.7. The van der Waals surface area contributed by atoms with Crippen LogP contribution in [0.5, 0.6) is 0 Å². The van der Waals surface area contributed by atoms with Crippen molar-refractivity contribution in [1.29, 1.82) is 0 Å². The van der Waals surface area contributed by atoms with Crippen LogP contribution in [0.3, 0.4) is 0 Å². The maximum Gasteiger partial charge on any atom is 0.279 e. The van der Waals surface area contributed by atoms with E-state index in [9.17, 15) is 4.79 Å². The Kier molecular flexibility index (Phi) is 5.15. The van der Waals surface area contributed by atoms with Crippen molar-refractivity contribution in [3.8, 4) is 0 Å². The minimum atomic E-state index is -0.157. The molecule has 2 atom stereocenters. The zero-order valence-corrected chi connectivity index (χ0v) is 12.6. The molecule has 0 aliphatic heterocycles. The molecule has 0 radical (unpaired) electrons. The van der Waals surface area contributed by atoms with E-state index in [4.69, 9.17) is 12.2 Å². The van der Waals surface area contributed by atoms with Crippen LogP contribution in [0.1, 0.15) is 42.3 Å². The molecular weight excluding hydrogens is 278 g/mol. The number of amides is 1. The molecule has 3 N–H and O–H groups in total. The van der Waals surface area contributed by atoms with Crippen LogP contribution in [0, 0.1) is 5.92 Å². The number of nitrogens with one attached hydrogen (secondary N) is 3. The summed E-state index contributed by atoms with van der Waals surface area (Å²) < 4.78 is 0. The molecule has 1 heterocycles. The van der Waals surface area contributed by atoms with Gasteiger partial charge in [0.25, 0.3) is 5.91 Å². The first-order chi connectivity index (χ1) is 9.16. The highest BCUT2D eigenvalue weighted by molar-refractivity contribution is 7.80. The van der Waals surface area contributed by atoms with Crippen molar-refractivity contribution in [2.75, 3.05) is 0 Å². The topological polar surface area (TPSA) is 53.2 Å². The molecule has 0 aromatic carbocycles. The Morgan fingerprint density at radius 2 is 2.16 bits per heavy atom. The van der Waals surface area contributed by atoms with Gasteiger partial charge in [-0.15, -0.1) is 11.3 Å². The fourth-order valence-corrected chi connectivity index (χ4v) is 3.14. The molecule has 2 rings (SSSR count). The standard InChI is InChI=1S/C13H19N3OS2/c1-9-5-2-3-6-10(9)14-13(18)16-15-12(17)11-7-4-8-19-11/h4,7-10H,2-3,5-6H2,1H3,(H,15,17)(H2,14,16,18)/t9-,10-/m0/s1. The van der Waals surface area contributed by atoms with Crippen molar-refractivity contribution in [1.82, 2.24) is 16.2 Å². The van der Waals surface area contributed by atoms with Gasteiger partial charge in [0.2, 0.25) is 0 Å². The fraction of sp³-hybridized carbons (Fsp3) is 0.538. The summed E-state index contributed by atoms with van der Waals surface area (Å²) in [6.45, 7) is 2.24. The van der Waals surface area contributed by atoms with E-state index in [0.717, 1.165) is 6.42 Å². The predicted molar refractivity (Wildman–Crippen MR) is 82.1 cm³/mol. The number of hydrazine groups is 1. The molecular formula is C13H19N3OS2. The summed E-state index contributed by atoms with van der Waals surface area (Å²) in [4.78, 5) is 12.4. The fourth-order valence-electron chi connectivity index (χ4n) is 2.32. The van der Waals surface area contributed by atoms with Gasteiger partial charge in [-0.05, 0) is 42.4 Å². The highest BCUT2D eigenvalue weighted by Gasteiger charge is 2.21. The van der Waals surface area contributed by atoms with Crippen LogP contribution >= 0.6 is 23.6 Å². The lowest BCUT2D eigenvalue weighted by Crippen LogP contribution is -2.51. The van der Waals surface area contributed by atoms with Crippen LogP contribution in [0.25, 0.3) is 0 Å². The number of thiophene rings is 1. The second kappa shape index (κ2) is 6.86. The SMILES string of the molecule is C[C@H]1CCCC[C@@H]1NC(=S)NNC(=O)c1cccs1. The Morgan fingerprint density at radius 1 is 1.37 bits per heavy atom. The average Bonchev–Trinajstić information content (AvgIpc) is 2.93. The van der Waals surface area contributed by atoms with Crippen molar-refractivity contribution in [3.05, 3.63) is 22.4 Å². The van der Waals surface area contributed by atoms with Crippen LogP contribution < -0.4 is 16.2 Å². The van der Waals surface area contributed by atoms with Gasteiger partial charge in [0.05, 0.1) is 4.88 Å². The summed E-state index contributed by atoms with van der Waals surface area (Å²) in [5.41, 5.74) is 5.37. The van der Waals surface area contributed by atoms with Gasteiger partial charge in [0.1, 0.15) is 0 Å². The van der Waals surface area contributed by atoms with E-state index < -0.39 is 0 Å². The quantitative estimate of drug-likeness (QED) is 0.580. The zero-order valence-electron chi connectivity index (χ0n) is 10.9. The minimum absolute atomic E-state index is 0.157. The zero-order chi connectivity index (χ0) is 13.7. The number of carbonyl (C=O) groups excluding carboxylic acids is 1. The Labute approximate surface area is 122 Å². The molecule has 0 saturated heterocycles. The first kappa shape index (κ1) is 14.3. The number of rotatable bonds is 2. The molecule has 19 heavy (non-hydrogen) atoms. The van der Waals surface area contributed by atoms with Gasteiger partial charge in [0, 0.05) is 6.04 Å². The second-order valence-corrected chi connectivity index (χ2v) is 6.25. The van der Waals surface area contributed by atoms with Gasteiger partial charge in [0.15, 0.2) is 5.11 Å². The van der Waals surface area contributed by atoms with Gasteiger partial charge < -0.3 is 5.32 Å². The summed E-state index contributed by atoms with van der Waals surface area (Å²) in [6, 6.07) is 4.04. The van der Waals surface area contributed by atoms with Crippen molar-refractivity contribution < 1.29 is 4.79 Å². The van der Waals surface area contributed by atoms with Crippen molar-refractivity contribution in [2.45, 2.75) is 38.6 Å². The monoisotopic (exact) mass is 297 g/mol. The van der Waals surface area contributed by atoms with Crippen LogP contribution in [-0.4, -0.2) is 17.1 Å². The third-order valence-electron chi connectivity index (χ3n) is 3.46. The van der Waals surface area contributed by atoms with Gasteiger partial charge in [-0.1, -0.05) is 25.8 Å². The van der Waals surface area contributed by atoms with E-state index in [2.05, 4.69) is 23.1 Å². The molecule has 1 aliphatic carbocycles. The highest BCUT2D eigenvalue weighted by atomic mass is 32.1. The van der Waals surface area contributed by atoms with E-state index in [0.29, 0.717) is 21.9 Å². The molecule has 1 aromatic rings. The first-order valence-electron chi connectivity index (χ1n) is 6.57. The van der Waals surface area contributed by atoms with Crippen LogP contribution in [0.4, 0.5) is 0 Å². The summed E-state index contributed by atoms with van der Waals surface area (Å²) in [7, 11) is 0. The molecule has 104 valence electrons. The molecule has 0 bridgehead atoms. The van der Waals surface area contributed by atoms with Gasteiger partial charge in [-0.3, -0.25) is 15.6 Å². The molecule has 6 heteroatoms. The number of hydrogen-bond donors (Lipinski definition) is 3. The summed E-state index contributed by atoms with van der Waals surface area (Å²) in [6.07, 6.45) is 4.92. The van der Waals surface area contributed by atoms with Crippen molar-refractivity contribution in [3.63, 3.8) is 0 Å². The molecule has 1 fully saturated rings. The minimum Gasteiger partial charge on any atom is -0.358 e. The summed E-state index contributed by atoms with van der Waals surface area (Å²) in [5, 5.41) is 5.64. The van der Waals surface area contributed by atoms with Crippen LogP contribution in [0.2, 0.25) is 0 Å². The van der Waals surface area contributed by atoms with E-state index in [1.54, 1.807) is 6.07 Å². The molecule has 1 aliphatic rings. The third-order valence-corrected chi connectivity index (χ3v) is 4.55. The smallest absolute Gasteiger partial charge is 0.279 e. The van der Waals surface area contributed by atoms with Gasteiger partial charge >= 0.3 is 0 Å². The molecule has 4 nitrogen and oxygen atoms in total. The molecule has 0 unspecified atom stereocenters. The number of carbonyl (C=O) groups is 1. The van der Waals surface area contributed by atoms with E-state index in [1.165, 1.54) is 30.6 Å². The number of thiocarbonyl (C=S) groups is 1. The lowest BCUT2D eigenvalue weighted by Gasteiger charge is -2.30. The Hall–Kier alpha value is -1.14. The third kappa shape index (κ3) is 4.18. The lowest BCUT2D eigenvalue weighted by atomic mass is 9.86. The van der Waals surface area contributed by atoms with Crippen molar-refractivity contribution >= 4 is 34.6 Å². The predicted octanol–water partition coefficient (Wildman–Crippen LogP) is 2.44. The van der Waals surface area contributed by atoms with Gasteiger partial charge in [-0.25, -0.2) is 0 Å². The Morgan fingerprint density at radius 3 is 2.84 bits per heavy atom. The second-order valence-electron chi connectivity index (χ2n) is 4.90. The largest absolute Gasteiger partial charge is 0.358 e. The van der Waals surface area contributed by atoms with Gasteiger partial charge in [-0.2, -0.15) is 0 Å². The van der Waals surface area contributed by atoms with E-state index in [-0.39, 0.29) is 5.91 Å². The average molecular weight is 297 g/mol. The van der Waals surface area contributed by atoms with Crippen LogP contribution in [-0.2, 0) is 0 Å². The van der Waals surface area contributed by atoms with Crippen LogP contribution in [0.15, 0.2) is 17.5 Å². The van der Waals surface area contributed by atoms with E-state index in [1.807, 2.05) is 11.4 Å². The van der Waals surface area contributed by atoms with E-state index >= 15 is 0 Å². The Balaban J connectivity index is 1.74. The Bertz CT molecular complexity index is 433. The highest BCUT2D eigenvalue weighted by Crippen LogP contribution is 2.23. The first-order valence-corrected chi connectivity index (χ1v) is 7.86.